The number of hydrogen-bond donors (Lipinski definition) is 2. The Morgan fingerprint density at radius 1 is 1.05 bits per heavy atom. The molecule has 0 radical (unpaired) electrons. The van der Waals surface area contributed by atoms with Crippen molar-refractivity contribution in [3.8, 4) is 0 Å². The highest BCUT2D eigenvalue weighted by atomic mass is 35.5. The molecule has 106 valence electrons. The fraction of sp³-hybridized carbons (Fsp3) is 0.143. The van der Waals surface area contributed by atoms with E-state index in [9.17, 15) is 13.9 Å². The first-order valence-corrected chi connectivity index (χ1v) is 6.55. The molecule has 0 saturated carbocycles. The van der Waals surface area contributed by atoms with Crippen LogP contribution in [0.15, 0.2) is 36.4 Å². The normalized spacial score (nSPS) is 12.2. The molecule has 0 bridgehead atoms. The summed E-state index contributed by atoms with van der Waals surface area (Å²) >= 11 is 11.6. The summed E-state index contributed by atoms with van der Waals surface area (Å²) < 4.78 is 26.3. The van der Waals surface area contributed by atoms with Crippen molar-refractivity contribution in [1.29, 1.82) is 0 Å². The van der Waals surface area contributed by atoms with Crippen LogP contribution in [0.2, 0.25) is 10.0 Å². The lowest BCUT2D eigenvalue weighted by Crippen LogP contribution is -2.13. The van der Waals surface area contributed by atoms with Crippen LogP contribution in [0.1, 0.15) is 11.7 Å². The van der Waals surface area contributed by atoms with E-state index in [1.165, 1.54) is 6.07 Å². The lowest BCUT2D eigenvalue weighted by molar-refractivity contribution is 0.186. The second kappa shape index (κ2) is 6.39. The maximum absolute atomic E-state index is 13.5. The Bertz CT molecular complexity index is 622. The molecule has 6 heteroatoms. The third-order valence-electron chi connectivity index (χ3n) is 2.74. The van der Waals surface area contributed by atoms with Crippen LogP contribution in [0.4, 0.5) is 14.5 Å². The molecule has 0 aliphatic carbocycles. The van der Waals surface area contributed by atoms with Crippen LogP contribution in [0.3, 0.4) is 0 Å². The van der Waals surface area contributed by atoms with Gasteiger partial charge in [-0.1, -0.05) is 29.3 Å². The van der Waals surface area contributed by atoms with E-state index in [2.05, 4.69) is 5.32 Å². The number of benzene rings is 2. The minimum Gasteiger partial charge on any atom is -0.386 e. The van der Waals surface area contributed by atoms with Crippen molar-refractivity contribution in [3.05, 3.63) is 63.6 Å². The average Bonchev–Trinajstić information content (AvgIpc) is 2.40. The summed E-state index contributed by atoms with van der Waals surface area (Å²) in [6.07, 6.45) is -1.11. The highest BCUT2D eigenvalue weighted by molar-refractivity contribution is 6.42. The number of aliphatic hydroxyl groups is 1. The molecule has 0 aliphatic rings. The highest BCUT2D eigenvalue weighted by Crippen LogP contribution is 2.25. The predicted molar refractivity (Wildman–Crippen MR) is 76.3 cm³/mol. The zero-order chi connectivity index (χ0) is 14.7. The molecule has 2 rings (SSSR count). The van der Waals surface area contributed by atoms with Crippen LogP contribution in [0.5, 0.6) is 0 Å². The van der Waals surface area contributed by atoms with Crippen LogP contribution in [0, 0.1) is 11.6 Å². The smallest absolute Gasteiger partial charge is 0.131 e. The van der Waals surface area contributed by atoms with Gasteiger partial charge in [-0.2, -0.15) is 0 Å². The number of halogens is 4. The third-order valence-corrected chi connectivity index (χ3v) is 3.48. The van der Waals surface area contributed by atoms with Crippen molar-refractivity contribution < 1.29 is 13.9 Å². The second-order valence-electron chi connectivity index (χ2n) is 4.19. The van der Waals surface area contributed by atoms with Gasteiger partial charge in [0.1, 0.15) is 11.6 Å². The molecular formula is C14H11Cl2F2NO. The molecule has 0 heterocycles. The van der Waals surface area contributed by atoms with Gasteiger partial charge in [0, 0.05) is 23.9 Å². The van der Waals surface area contributed by atoms with E-state index in [0.29, 0.717) is 15.7 Å². The van der Waals surface area contributed by atoms with Gasteiger partial charge in [-0.25, -0.2) is 8.78 Å². The van der Waals surface area contributed by atoms with Gasteiger partial charge in [0.15, 0.2) is 0 Å². The summed E-state index contributed by atoms with van der Waals surface area (Å²) in [6, 6.07) is 7.93. The van der Waals surface area contributed by atoms with Gasteiger partial charge in [-0.3, -0.25) is 0 Å². The lowest BCUT2D eigenvalue weighted by Gasteiger charge is -2.14. The molecule has 2 aromatic carbocycles. The molecule has 1 unspecified atom stereocenters. The molecule has 0 amide bonds. The standard InChI is InChI=1S/C14H11Cl2F2NO/c15-11-4-2-9(6-12(11)16)19-7-14(20)10-3-1-8(17)5-13(10)18/h1-6,14,19-20H,7H2. The summed E-state index contributed by atoms with van der Waals surface area (Å²) in [4.78, 5) is 0. The molecule has 2 N–H and O–H groups in total. The SMILES string of the molecule is OC(CNc1ccc(Cl)c(Cl)c1)c1ccc(F)cc1F. The third kappa shape index (κ3) is 3.60. The number of rotatable bonds is 4. The van der Waals surface area contributed by atoms with Gasteiger partial charge in [-0.05, 0) is 24.3 Å². The summed E-state index contributed by atoms with van der Waals surface area (Å²) in [7, 11) is 0. The average molecular weight is 318 g/mol. The van der Waals surface area contributed by atoms with Gasteiger partial charge in [0.05, 0.1) is 16.1 Å². The molecule has 0 fully saturated rings. The maximum atomic E-state index is 13.5. The minimum absolute atomic E-state index is 0.0268. The van der Waals surface area contributed by atoms with Gasteiger partial charge in [0.25, 0.3) is 0 Å². The number of hydrogen-bond acceptors (Lipinski definition) is 2. The topological polar surface area (TPSA) is 32.3 Å². The Balaban J connectivity index is 2.04. The molecule has 20 heavy (non-hydrogen) atoms. The van der Waals surface area contributed by atoms with Crippen molar-refractivity contribution >= 4 is 28.9 Å². The Morgan fingerprint density at radius 2 is 1.80 bits per heavy atom. The van der Waals surface area contributed by atoms with E-state index in [-0.39, 0.29) is 12.1 Å². The quantitative estimate of drug-likeness (QED) is 0.875. The van der Waals surface area contributed by atoms with Gasteiger partial charge < -0.3 is 10.4 Å². The number of nitrogens with one attached hydrogen (secondary N) is 1. The van der Waals surface area contributed by atoms with E-state index < -0.39 is 17.7 Å². The predicted octanol–water partition coefficient (Wildman–Crippen LogP) is 4.42. The molecular weight excluding hydrogens is 307 g/mol. The molecule has 0 aliphatic heterocycles. The Labute approximate surface area is 125 Å². The van der Waals surface area contributed by atoms with Crippen LogP contribution < -0.4 is 5.32 Å². The first-order valence-electron chi connectivity index (χ1n) is 5.79. The molecule has 0 aromatic heterocycles. The summed E-state index contributed by atoms with van der Waals surface area (Å²) in [5, 5.41) is 13.6. The van der Waals surface area contributed by atoms with Crippen molar-refractivity contribution in [2.24, 2.45) is 0 Å². The van der Waals surface area contributed by atoms with Crippen LogP contribution in [0.25, 0.3) is 0 Å². The molecule has 2 aromatic rings. The fourth-order valence-corrected chi connectivity index (χ4v) is 2.00. The van der Waals surface area contributed by atoms with E-state index in [4.69, 9.17) is 23.2 Å². The van der Waals surface area contributed by atoms with E-state index in [0.717, 1.165) is 12.1 Å². The minimum atomic E-state index is -1.11. The zero-order valence-electron chi connectivity index (χ0n) is 10.2. The van der Waals surface area contributed by atoms with E-state index >= 15 is 0 Å². The summed E-state index contributed by atoms with van der Waals surface area (Å²) in [5.74, 6) is -1.47. The highest BCUT2D eigenvalue weighted by Gasteiger charge is 2.13. The largest absolute Gasteiger partial charge is 0.386 e. The monoisotopic (exact) mass is 317 g/mol. The van der Waals surface area contributed by atoms with Crippen LogP contribution in [-0.2, 0) is 0 Å². The summed E-state index contributed by atoms with van der Waals surface area (Å²) in [6.45, 7) is 0.0561. The van der Waals surface area contributed by atoms with Gasteiger partial charge in [-0.15, -0.1) is 0 Å². The number of anilines is 1. The van der Waals surface area contributed by atoms with Crippen molar-refractivity contribution in [2.75, 3.05) is 11.9 Å². The number of aliphatic hydroxyl groups excluding tert-OH is 1. The van der Waals surface area contributed by atoms with Gasteiger partial charge >= 0.3 is 0 Å². The molecule has 0 saturated heterocycles. The van der Waals surface area contributed by atoms with Crippen molar-refractivity contribution in [2.45, 2.75) is 6.10 Å². The summed E-state index contributed by atoms with van der Waals surface area (Å²) in [5.41, 5.74) is 0.667. The van der Waals surface area contributed by atoms with Crippen molar-refractivity contribution in [3.63, 3.8) is 0 Å². The Kier molecular flexibility index (Phi) is 4.81. The fourth-order valence-electron chi connectivity index (χ4n) is 1.70. The van der Waals surface area contributed by atoms with Crippen molar-refractivity contribution in [1.82, 2.24) is 0 Å². The lowest BCUT2D eigenvalue weighted by atomic mass is 10.1. The maximum Gasteiger partial charge on any atom is 0.131 e. The zero-order valence-corrected chi connectivity index (χ0v) is 11.7. The second-order valence-corrected chi connectivity index (χ2v) is 5.01. The first-order chi connectivity index (χ1) is 9.47. The van der Waals surface area contributed by atoms with E-state index in [1.54, 1.807) is 18.2 Å². The van der Waals surface area contributed by atoms with Crippen LogP contribution >= 0.6 is 23.2 Å². The Morgan fingerprint density at radius 3 is 2.45 bits per heavy atom. The van der Waals surface area contributed by atoms with E-state index in [1.807, 2.05) is 0 Å². The Hall–Kier alpha value is -1.36. The molecule has 1 atom stereocenters. The van der Waals surface area contributed by atoms with Gasteiger partial charge in [0.2, 0.25) is 0 Å². The van der Waals surface area contributed by atoms with Crippen LogP contribution in [-0.4, -0.2) is 11.7 Å². The molecule has 2 nitrogen and oxygen atoms in total. The molecule has 0 spiro atoms. The first kappa shape index (κ1) is 15.0.